The Morgan fingerprint density at radius 1 is 1.11 bits per heavy atom. The summed E-state index contributed by atoms with van der Waals surface area (Å²) in [4.78, 5) is 24.3. The molecule has 0 aliphatic rings. The summed E-state index contributed by atoms with van der Waals surface area (Å²) in [6.07, 6.45) is 1.01. The number of amides is 1. The van der Waals surface area contributed by atoms with Gasteiger partial charge in [0.1, 0.15) is 12.3 Å². The average molecular weight is 406 g/mol. The molecule has 28 heavy (non-hydrogen) atoms. The Balaban J connectivity index is 2.22. The number of carbonyl (C=O) groups is 2. The monoisotopic (exact) mass is 406 g/mol. The van der Waals surface area contributed by atoms with Crippen LogP contribution in [0.5, 0.6) is 5.75 Å². The lowest BCUT2D eigenvalue weighted by Gasteiger charge is -2.23. The number of anilines is 2. The van der Waals surface area contributed by atoms with Gasteiger partial charge in [0, 0.05) is 5.69 Å². The van der Waals surface area contributed by atoms with Gasteiger partial charge in [-0.25, -0.2) is 13.2 Å². The summed E-state index contributed by atoms with van der Waals surface area (Å²) in [5.41, 5.74) is 0.885. The summed E-state index contributed by atoms with van der Waals surface area (Å²) in [7, 11) is -2.33. The van der Waals surface area contributed by atoms with E-state index in [4.69, 9.17) is 9.47 Å². The number of hydrogen-bond acceptors (Lipinski definition) is 6. The first kappa shape index (κ1) is 21.2. The summed E-state index contributed by atoms with van der Waals surface area (Å²) >= 11 is 0. The third-order valence-electron chi connectivity index (χ3n) is 3.70. The first-order chi connectivity index (χ1) is 13.3. The molecule has 0 fully saturated rings. The number of para-hydroxylation sites is 2. The van der Waals surface area contributed by atoms with Crippen molar-refractivity contribution < 1.29 is 27.5 Å². The summed E-state index contributed by atoms with van der Waals surface area (Å²) in [6, 6.07) is 12.7. The van der Waals surface area contributed by atoms with Crippen LogP contribution in [0, 0.1) is 0 Å². The van der Waals surface area contributed by atoms with Crippen molar-refractivity contribution in [2.45, 2.75) is 6.92 Å². The van der Waals surface area contributed by atoms with E-state index in [1.54, 1.807) is 49.4 Å². The lowest BCUT2D eigenvalue weighted by atomic mass is 10.2. The fourth-order valence-corrected chi connectivity index (χ4v) is 3.35. The number of benzene rings is 2. The zero-order valence-corrected chi connectivity index (χ0v) is 16.7. The minimum atomic E-state index is -3.75. The van der Waals surface area contributed by atoms with Gasteiger partial charge in [-0.3, -0.25) is 9.10 Å². The maximum absolute atomic E-state index is 12.5. The molecule has 0 atom stereocenters. The highest BCUT2D eigenvalue weighted by Gasteiger charge is 2.23. The van der Waals surface area contributed by atoms with Gasteiger partial charge in [-0.15, -0.1) is 0 Å². The van der Waals surface area contributed by atoms with E-state index in [9.17, 15) is 18.0 Å². The van der Waals surface area contributed by atoms with E-state index in [1.807, 2.05) is 0 Å². The maximum atomic E-state index is 12.5. The summed E-state index contributed by atoms with van der Waals surface area (Å²) in [5.74, 6) is -0.757. The predicted octanol–water partition coefficient (Wildman–Crippen LogP) is 2.28. The number of carbonyl (C=O) groups excluding carboxylic acids is 2. The van der Waals surface area contributed by atoms with Gasteiger partial charge < -0.3 is 14.8 Å². The molecule has 0 aliphatic heterocycles. The highest BCUT2D eigenvalue weighted by atomic mass is 32.2. The van der Waals surface area contributed by atoms with Gasteiger partial charge >= 0.3 is 5.97 Å². The largest absolute Gasteiger partial charge is 0.495 e. The fraction of sp³-hybridized carbons (Fsp3) is 0.263. The molecule has 0 radical (unpaired) electrons. The minimum absolute atomic E-state index is 0.234. The highest BCUT2D eigenvalue weighted by Crippen LogP contribution is 2.29. The van der Waals surface area contributed by atoms with Crippen molar-refractivity contribution >= 4 is 33.3 Å². The van der Waals surface area contributed by atoms with E-state index in [2.05, 4.69) is 5.32 Å². The van der Waals surface area contributed by atoms with Crippen LogP contribution < -0.4 is 14.4 Å². The number of sulfonamides is 1. The highest BCUT2D eigenvalue weighted by molar-refractivity contribution is 7.92. The molecule has 8 nitrogen and oxygen atoms in total. The molecule has 0 saturated carbocycles. The zero-order chi connectivity index (χ0) is 20.7. The molecule has 2 aromatic carbocycles. The van der Waals surface area contributed by atoms with Gasteiger partial charge in [0.2, 0.25) is 15.9 Å². The van der Waals surface area contributed by atoms with Crippen molar-refractivity contribution in [2.75, 3.05) is 36.1 Å². The second kappa shape index (κ2) is 9.23. The van der Waals surface area contributed by atoms with E-state index >= 15 is 0 Å². The quantitative estimate of drug-likeness (QED) is 0.675. The molecule has 0 spiro atoms. The Labute approximate surface area is 164 Å². The van der Waals surface area contributed by atoms with Gasteiger partial charge in [-0.1, -0.05) is 18.2 Å². The molecule has 2 aromatic rings. The number of hydrogen-bond donors (Lipinski definition) is 1. The maximum Gasteiger partial charge on any atom is 0.338 e. The van der Waals surface area contributed by atoms with Crippen LogP contribution in [0.4, 0.5) is 11.4 Å². The Bertz CT molecular complexity index is 958. The Morgan fingerprint density at radius 2 is 1.82 bits per heavy atom. The van der Waals surface area contributed by atoms with E-state index in [-0.39, 0.29) is 17.9 Å². The molecule has 1 N–H and O–H groups in total. The molecule has 1 amide bonds. The number of nitrogens with one attached hydrogen (secondary N) is 1. The first-order valence-electron chi connectivity index (χ1n) is 8.44. The Kier molecular flexibility index (Phi) is 7.00. The van der Waals surface area contributed by atoms with Crippen molar-refractivity contribution in [3.05, 3.63) is 54.1 Å². The van der Waals surface area contributed by atoms with Gasteiger partial charge in [0.25, 0.3) is 0 Å². The van der Waals surface area contributed by atoms with Crippen LogP contribution in [-0.2, 0) is 19.6 Å². The van der Waals surface area contributed by atoms with Crippen molar-refractivity contribution in [3.8, 4) is 5.75 Å². The molecule has 0 aromatic heterocycles. The van der Waals surface area contributed by atoms with E-state index in [0.29, 0.717) is 11.4 Å². The number of ether oxygens (including phenoxy) is 2. The van der Waals surface area contributed by atoms with Crippen LogP contribution in [0.25, 0.3) is 0 Å². The van der Waals surface area contributed by atoms with Gasteiger partial charge in [-0.2, -0.15) is 0 Å². The lowest BCUT2D eigenvalue weighted by Crippen LogP contribution is -2.37. The topological polar surface area (TPSA) is 102 Å². The van der Waals surface area contributed by atoms with Crippen molar-refractivity contribution in [3.63, 3.8) is 0 Å². The summed E-state index contributed by atoms with van der Waals surface area (Å²) in [6.45, 7) is 1.47. The van der Waals surface area contributed by atoms with Crippen molar-refractivity contribution in [2.24, 2.45) is 0 Å². The van der Waals surface area contributed by atoms with E-state index in [1.165, 1.54) is 13.2 Å². The average Bonchev–Trinajstić information content (AvgIpc) is 2.65. The van der Waals surface area contributed by atoms with Gasteiger partial charge in [-0.05, 0) is 37.3 Å². The smallest absolute Gasteiger partial charge is 0.338 e. The Morgan fingerprint density at radius 3 is 2.46 bits per heavy atom. The molecule has 0 aliphatic carbocycles. The van der Waals surface area contributed by atoms with Crippen LogP contribution in [0.15, 0.2) is 48.5 Å². The zero-order valence-electron chi connectivity index (χ0n) is 15.8. The molecular weight excluding hydrogens is 384 g/mol. The number of methoxy groups -OCH3 is 1. The molecule has 9 heteroatoms. The van der Waals surface area contributed by atoms with E-state index < -0.39 is 28.4 Å². The van der Waals surface area contributed by atoms with Crippen molar-refractivity contribution in [1.29, 1.82) is 0 Å². The van der Waals surface area contributed by atoms with Crippen LogP contribution in [0.1, 0.15) is 17.3 Å². The predicted molar refractivity (Wildman–Crippen MR) is 106 cm³/mol. The number of rotatable bonds is 8. The molecule has 0 unspecified atom stereocenters. The van der Waals surface area contributed by atoms with Crippen molar-refractivity contribution in [1.82, 2.24) is 0 Å². The second-order valence-electron chi connectivity index (χ2n) is 5.79. The van der Waals surface area contributed by atoms with E-state index in [0.717, 1.165) is 10.6 Å². The number of esters is 1. The van der Waals surface area contributed by atoms with Crippen LogP contribution in [-0.4, -0.2) is 46.8 Å². The van der Waals surface area contributed by atoms with Gasteiger partial charge in [0.15, 0.2) is 0 Å². The molecule has 0 saturated heterocycles. The molecular formula is C19H22N2O6S. The summed E-state index contributed by atoms with van der Waals surface area (Å²) in [5, 5.41) is 2.60. The van der Waals surface area contributed by atoms with Crippen LogP contribution >= 0.6 is 0 Å². The molecule has 2 rings (SSSR count). The SMILES string of the molecule is CCOC(=O)c1cccc(NC(=O)CN(c2ccccc2OC)S(C)(=O)=O)c1. The second-order valence-corrected chi connectivity index (χ2v) is 7.70. The third kappa shape index (κ3) is 5.46. The molecule has 0 bridgehead atoms. The molecule has 150 valence electrons. The van der Waals surface area contributed by atoms with Crippen LogP contribution in [0.3, 0.4) is 0 Å². The standard InChI is InChI=1S/C19H22N2O6S/c1-4-27-19(23)14-8-7-9-15(12-14)20-18(22)13-21(28(3,24)25)16-10-5-6-11-17(16)26-2/h5-12H,4,13H2,1-3H3,(H,20,22). The Hall–Kier alpha value is -3.07. The number of nitrogens with zero attached hydrogens (tertiary/aromatic N) is 1. The van der Waals surface area contributed by atoms with Crippen LogP contribution in [0.2, 0.25) is 0 Å². The molecule has 0 heterocycles. The normalized spacial score (nSPS) is 10.8. The fourth-order valence-electron chi connectivity index (χ4n) is 2.49. The summed E-state index contributed by atoms with van der Waals surface area (Å²) < 4.78 is 35.5. The third-order valence-corrected chi connectivity index (χ3v) is 4.83. The minimum Gasteiger partial charge on any atom is -0.495 e. The lowest BCUT2D eigenvalue weighted by molar-refractivity contribution is -0.114. The van der Waals surface area contributed by atoms with Gasteiger partial charge in [0.05, 0.1) is 31.2 Å². The first-order valence-corrected chi connectivity index (χ1v) is 10.3.